The summed E-state index contributed by atoms with van der Waals surface area (Å²) in [6.45, 7) is 3.17. The summed E-state index contributed by atoms with van der Waals surface area (Å²) >= 11 is 0. The number of nitrogens with zero attached hydrogens (tertiary/aromatic N) is 2. The van der Waals surface area contributed by atoms with E-state index in [4.69, 9.17) is 9.84 Å². The number of rotatable bonds is 5. The molecule has 0 aromatic heterocycles. The molecule has 6 heteroatoms. The second kappa shape index (κ2) is 7.20. The van der Waals surface area contributed by atoms with Crippen molar-refractivity contribution in [3.63, 3.8) is 0 Å². The molecule has 1 heterocycles. The third-order valence-corrected chi connectivity index (χ3v) is 3.06. The van der Waals surface area contributed by atoms with Crippen LogP contribution in [0.25, 0.3) is 0 Å². The Kier molecular flexibility index (Phi) is 5.91. The summed E-state index contributed by atoms with van der Waals surface area (Å²) < 4.78 is 5.56. The summed E-state index contributed by atoms with van der Waals surface area (Å²) in [5.41, 5.74) is 0. The lowest BCUT2D eigenvalue weighted by Gasteiger charge is -2.30. The summed E-state index contributed by atoms with van der Waals surface area (Å²) in [5.74, 6) is -0.993. The summed E-state index contributed by atoms with van der Waals surface area (Å²) in [6.07, 6.45) is 3.24. The Bertz CT molecular complexity index is 290. The maximum atomic E-state index is 12.0. The molecule has 0 aliphatic carbocycles. The molecule has 0 aromatic carbocycles. The molecule has 1 N–H and O–H groups in total. The number of aliphatic carboxylic acids is 1. The number of hydrogen-bond donors (Lipinski definition) is 1. The smallest absolute Gasteiger partial charge is 0.323 e. The predicted octanol–water partition coefficient (Wildman–Crippen LogP) is 1.01. The zero-order valence-electron chi connectivity index (χ0n) is 11.1. The number of amides is 2. The van der Waals surface area contributed by atoms with Gasteiger partial charge in [0.05, 0.1) is 6.10 Å². The number of ether oxygens (including phenoxy) is 1. The molecule has 0 spiro atoms. The van der Waals surface area contributed by atoms with Crippen LogP contribution in [0.1, 0.15) is 26.2 Å². The van der Waals surface area contributed by atoms with E-state index >= 15 is 0 Å². The van der Waals surface area contributed by atoms with Crippen LogP contribution in [-0.2, 0) is 9.53 Å². The van der Waals surface area contributed by atoms with Gasteiger partial charge in [0.2, 0.25) is 0 Å². The zero-order chi connectivity index (χ0) is 13.5. The standard InChI is InChI=1S/C12H22N2O4/c1-3-14(9-11(15)16)12(17)13(2)8-10-6-4-5-7-18-10/h10H,3-9H2,1-2H3,(H,15,16). The Morgan fingerprint density at radius 2 is 2.11 bits per heavy atom. The normalized spacial score (nSPS) is 19.3. The van der Waals surface area contributed by atoms with Crippen LogP contribution < -0.4 is 0 Å². The first-order chi connectivity index (χ1) is 8.54. The van der Waals surface area contributed by atoms with Gasteiger partial charge < -0.3 is 19.6 Å². The van der Waals surface area contributed by atoms with Crippen LogP contribution in [0.3, 0.4) is 0 Å². The number of hydrogen-bond acceptors (Lipinski definition) is 3. The molecule has 0 bridgehead atoms. The molecule has 1 aliphatic heterocycles. The Morgan fingerprint density at radius 1 is 1.39 bits per heavy atom. The first-order valence-corrected chi connectivity index (χ1v) is 6.38. The summed E-state index contributed by atoms with van der Waals surface area (Å²) in [4.78, 5) is 25.5. The van der Waals surface area contributed by atoms with Crippen molar-refractivity contribution in [3.05, 3.63) is 0 Å². The van der Waals surface area contributed by atoms with Gasteiger partial charge in [-0.2, -0.15) is 0 Å². The first kappa shape index (κ1) is 14.8. The van der Waals surface area contributed by atoms with Gasteiger partial charge in [0.1, 0.15) is 6.54 Å². The number of carbonyl (C=O) groups is 2. The van der Waals surface area contributed by atoms with Crippen LogP contribution in [0.2, 0.25) is 0 Å². The Hall–Kier alpha value is -1.30. The highest BCUT2D eigenvalue weighted by Crippen LogP contribution is 2.14. The monoisotopic (exact) mass is 258 g/mol. The van der Waals surface area contributed by atoms with Crippen LogP contribution >= 0.6 is 0 Å². The van der Waals surface area contributed by atoms with Crippen molar-refractivity contribution in [1.82, 2.24) is 9.80 Å². The van der Waals surface area contributed by atoms with Crippen LogP contribution in [0, 0.1) is 0 Å². The van der Waals surface area contributed by atoms with E-state index in [2.05, 4.69) is 0 Å². The summed E-state index contributed by atoms with van der Waals surface area (Å²) in [5, 5.41) is 8.73. The molecule has 104 valence electrons. The van der Waals surface area contributed by atoms with Crippen LogP contribution in [0.5, 0.6) is 0 Å². The first-order valence-electron chi connectivity index (χ1n) is 6.38. The predicted molar refractivity (Wildman–Crippen MR) is 66.5 cm³/mol. The molecule has 1 rings (SSSR count). The van der Waals surface area contributed by atoms with Crippen molar-refractivity contribution >= 4 is 12.0 Å². The van der Waals surface area contributed by atoms with Gasteiger partial charge in [-0.05, 0) is 26.2 Å². The van der Waals surface area contributed by atoms with Gasteiger partial charge >= 0.3 is 12.0 Å². The molecule has 0 saturated carbocycles. The van der Waals surface area contributed by atoms with Crippen molar-refractivity contribution < 1.29 is 19.4 Å². The number of likely N-dealkylation sites (N-methyl/N-ethyl adjacent to an activating group) is 2. The van der Waals surface area contributed by atoms with Gasteiger partial charge in [0.25, 0.3) is 0 Å². The second-order valence-electron chi connectivity index (χ2n) is 4.56. The molecule has 2 amide bonds. The highest BCUT2D eigenvalue weighted by molar-refractivity contribution is 5.80. The van der Waals surface area contributed by atoms with E-state index in [0.717, 1.165) is 25.9 Å². The van der Waals surface area contributed by atoms with Crippen molar-refractivity contribution in [3.8, 4) is 0 Å². The van der Waals surface area contributed by atoms with Gasteiger partial charge in [0.15, 0.2) is 0 Å². The molecular formula is C12H22N2O4. The molecule has 6 nitrogen and oxygen atoms in total. The fraction of sp³-hybridized carbons (Fsp3) is 0.833. The fourth-order valence-electron chi connectivity index (χ4n) is 2.05. The number of carboxylic acids is 1. The highest BCUT2D eigenvalue weighted by atomic mass is 16.5. The summed E-state index contributed by atoms with van der Waals surface area (Å²) in [6, 6.07) is -0.255. The van der Waals surface area contributed by atoms with Gasteiger partial charge in [-0.15, -0.1) is 0 Å². The zero-order valence-corrected chi connectivity index (χ0v) is 11.1. The van der Waals surface area contributed by atoms with E-state index in [-0.39, 0.29) is 18.7 Å². The lowest BCUT2D eigenvalue weighted by Crippen LogP contribution is -2.46. The minimum atomic E-state index is -0.993. The molecule has 1 saturated heterocycles. The minimum Gasteiger partial charge on any atom is -0.480 e. The fourth-order valence-corrected chi connectivity index (χ4v) is 2.05. The Morgan fingerprint density at radius 3 is 2.61 bits per heavy atom. The van der Waals surface area contributed by atoms with Crippen LogP contribution in [-0.4, -0.2) is 66.3 Å². The third kappa shape index (κ3) is 4.52. The molecule has 0 aromatic rings. The van der Waals surface area contributed by atoms with Gasteiger partial charge in [-0.25, -0.2) is 4.79 Å². The van der Waals surface area contributed by atoms with E-state index in [0.29, 0.717) is 13.1 Å². The van der Waals surface area contributed by atoms with Gasteiger partial charge in [0, 0.05) is 26.7 Å². The molecule has 1 fully saturated rings. The highest BCUT2D eigenvalue weighted by Gasteiger charge is 2.22. The van der Waals surface area contributed by atoms with E-state index in [1.807, 2.05) is 0 Å². The lowest BCUT2D eigenvalue weighted by atomic mass is 10.1. The molecule has 0 radical (unpaired) electrons. The third-order valence-electron chi connectivity index (χ3n) is 3.06. The molecule has 18 heavy (non-hydrogen) atoms. The van der Waals surface area contributed by atoms with Crippen molar-refractivity contribution in [2.24, 2.45) is 0 Å². The average molecular weight is 258 g/mol. The van der Waals surface area contributed by atoms with Gasteiger partial charge in [-0.1, -0.05) is 0 Å². The number of carboxylic acid groups (broad SMARTS) is 1. The molecule has 1 unspecified atom stereocenters. The van der Waals surface area contributed by atoms with Crippen LogP contribution in [0.15, 0.2) is 0 Å². The maximum Gasteiger partial charge on any atom is 0.323 e. The van der Waals surface area contributed by atoms with E-state index in [1.54, 1.807) is 18.9 Å². The van der Waals surface area contributed by atoms with Gasteiger partial charge in [-0.3, -0.25) is 4.79 Å². The number of carbonyl (C=O) groups excluding carboxylic acids is 1. The van der Waals surface area contributed by atoms with E-state index in [9.17, 15) is 9.59 Å². The quantitative estimate of drug-likeness (QED) is 0.799. The topological polar surface area (TPSA) is 70.1 Å². The maximum absolute atomic E-state index is 12.0. The molecular weight excluding hydrogens is 236 g/mol. The van der Waals surface area contributed by atoms with Crippen LogP contribution in [0.4, 0.5) is 4.79 Å². The number of urea groups is 1. The SMILES string of the molecule is CCN(CC(=O)O)C(=O)N(C)CC1CCCCO1. The van der Waals surface area contributed by atoms with E-state index in [1.165, 1.54) is 4.90 Å². The largest absolute Gasteiger partial charge is 0.480 e. The molecule has 1 aliphatic rings. The second-order valence-corrected chi connectivity index (χ2v) is 4.56. The Labute approximate surface area is 107 Å². The minimum absolute atomic E-state index is 0.0798. The van der Waals surface area contributed by atoms with Crippen molar-refractivity contribution in [2.75, 3.05) is 33.3 Å². The molecule has 1 atom stereocenters. The lowest BCUT2D eigenvalue weighted by molar-refractivity contribution is -0.137. The summed E-state index contributed by atoms with van der Waals surface area (Å²) in [7, 11) is 1.69. The van der Waals surface area contributed by atoms with E-state index < -0.39 is 5.97 Å². The van der Waals surface area contributed by atoms with Crippen molar-refractivity contribution in [1.29, 1.82) is 0 Å². The Balaban J connectivity index is 2.45. The van der Waals surface area contributed by atoms with Crippen molar-refractivity contribution in [2.45, 2.75) is 32.3 Å². The average Bonchev–Trinajstić information content (AvgIpc) is 2.36.